The Hall–Kier alpha value is -1.42. The number of nitrogens with zero attached hydrogens (tertiary/aromatic N) is 1. The second-order valence-electron chi connectivity index (χ2n) is 5.33. The van der Waals surface area contributed by atoms with Crippen molar-refractivity contribution in [1.29, 1.82) is 0 Å². The fourth-order valence-corrected chi connectivity index (χ4v) is 3.30. The Kier molecular flexibility index (Phi) is 5.34. The third-order valence-corrected chi connectivity index (χ3v) is 4.96. The second kappa shape index (κ2) is 7.03. The predicted octanol–water partition coefficient (Wildman–Crippen LogP) is 4.44. The molecular formula is C17H20BrNO2. The minimum absolute atomic E-state index is 0.207. The molecule has 0 radical (unpaired) electrons. The number of halogens is 1. The van der Waals surface area contributed by atoms with Crippen molar-refractivity contribution in [2.24, 2.45) is 10.9 Å². The van der Waals surface area contributed by atoms with Crippen LogP contribution in [-0.4, -0.2) is 23.1 Å². The van der Waals surface area contributed by atoms with E-state index in [-0.39, 0.29) is 16.2 Å². The first-order valence-corrected chi connectivity index (χ1v) is 8.00. The van der Waals surface area contributed by atoms with Gasteiger partial charge in [-0.3, -0.25) is 4.99 Å². The molecule has 1 aliphatic rings. The Morgan fingerprint density at radius 3 is 2.71 bits per heavy atom. The van der Waals surface area contributed by atoms with Crippen molar-refractivity contribution < 1.29 is 9.53 Å². The van der Waals surface area contributed by atoms with Crippen molar-refractivity contribution in [3.05, 3.63) is 42.0 Å². The summed E-state index contributed by atoms with van der Waals surface area (Å²) in [7, 11) is 0. The lowest BCUT2D eigenvalue weighted by atomic mass is 9.87. The van der Waals surface area contributed by atoms with Crippen LogP contribution in [0, 0.1) is 5.92 Å². The van der Waals surface area contributed by atoms with E-state index in [9.17, 15) is 4.79 Å². The number of carbonyl (C=O) groups is 1. The molecule has 3 nitrogen and oxygen atoms in total. The molecule has 0 bridgehead atoms. The highest BCUT2D eigenvalue weighted by molar-refractivity contribution is 9.10. The van der Waals surface area contributed by atoms with Crippen LogP contribution in [0.4, 0.5) is 5.69 Å². The van der Waals surface area contributed by atoms with E-state index in [0.29, 0.717) is 6.61 Å². The molecule has 1 aromatic rings. The van der Waals surface area contributed by atoms with Crippen LogP contribution < -0.4 is 0 Å². The molecular weight excluding hydrogens is 330 g/mol. The summed E-state index contributed by atoms with van der Waals surface area (Å²) in [5, 5.41) is 0. The highest BCUT2D eigenvalue weighted by Gasteiger charge is 2.37. The van der Waals surface area contributed by atoms with Gasteiger partial charge in [-0.1, -0.05) is 48.0 Å². The predicted molar refractivity (Wildman–Crippen MR) is 89.4 cm³/mol. The van der Waals surface area contributed by atoms with Gasteiger partial charge in [0.05, 0.1) is 15.6 Å². The minimum Gasteiger partial charge on any atom is -0.458 e. The molecule has 0 aliphatic carbocycles. The number of benzene rings is 1. The fourth-order valence-electron chi connectivity index (χ4n) is 2.46. The van der Waals surface area contributed by atoms with E-state index in [1.807, 2.05) is 42.6 Å². The molecule has 4 heteroatoms. The van der Waals surface area contributed by atoms with Crippen LogP contribution in [-0.2, 0) is 9.53 Å². The van der Waals surface area contributed by atoms with Crippen LogP contribution in [0.1, 0.15) is 26.7 Å². The van der Waals surface area contributed by atoms with Crippen molar-refractivity contribution in [3.63, 3.8) is 0 Å². The molecule has 0 aromatic heterocycles. The third kappa shape index (κ3) is 4.03. The maximum atomic E-state index is 11.8. The first-order valence-electron chi connectivity index (χ1n) is 7.21. The van der Waals surface area contributed by atoms with Gasteiger partial charge in [0.25, 0.3) is 0 Å². The molecule has 0 spiro atoms. The standard InChI is InChI=1S/C17H20BrNO2/c1-3-17(18,15-9-10-21-16(15)20)11-13(2)12-19-14-7-5-4-6-8-14/h4-9,12-13H,3,10-11H2,1-2H3. The lowest BCUT2D eigenvalue weighted by Crippen LogP contribution is -2.29. The Labute approximate surface area is 134 Å². The number of esters is 1. The monoisotopic (exact) mass is 349 g/mol. The van der Waals surface area contributed by atoms with Crippen molar-refractivity contribution in [3.8, 4) is 0 Å². The summed E-state index contributed by atoms with van der Waals surface area (Å²) in [6.07, 6.45) is 5.46. The smallest absolute Gasteiger partial charge is 0.335 e. The van der Waals surface area contributed by atoms with E-state index in [2.05, 4.69) is 34.8 Å². The molecule has 2 unspecified atom stereocenters. The third-order valence-electron chi connectivity index (χ3n) is 3.64. The van der Waals surface area contributed by atoms with Gasteiger partial charge in [-0.25, -0.2) is 4.79 Å². The van der Waals surface area contributed by atoms with Gasteiger partial charge in [0.1, 0.15) is 6.61 Å². The maximum Gasteiger partial charge on any atom is 0.335 e. The molecule has 1 aliphatic heterocycles. The van der Waals surface area contributed by atoms with Gasteiger partial charge < -0.3 is 4.74 Å². The molecule has 0 saturated carbocycles. The number of ether oxygens (including phenoxy) is 1. The number of aliphatic imine (C=N–C) groups is 1. The molecule has 0 saturated heterocycles. The molecule has 2 atom stereocenters. The Balaban J connectivity index is 2.04. The molecule has 0 amide bonds. The van der Waals surface area contributed by atoms with Gasteiger partial charge in [-0.2, -0.15) is 0 Å². The van der Waals surface area contributed by atoms with E-state index in [1.165, 1.54) is 0 Å². The number of alkyl halides is 1. The Morgan fingerprint density at radius 2 is 2.14 bits per heavy atom. The van der Waals surface area contributed by atoms with Crippen molar-refractivity contribution >= 4 is 33.8 Å². The highest BCUT2D eigenvalue weighted by atomic mass is 79.9. The molecule has 2 rings (SSSR count). The average Bonchev–Trinajstić information content (AvgIpc) is 2.93. The van der Waals surface area contributed by atoms with Crippen LogP contribution in [0.5, 0.6) is 0 Å². The number of para-hydroxylation sites is 1. The highest BCUT2D eigenvalue weighted by Crippen LogP contribution is 2.39. The van der Waals surface area contributed by atoms with Crippen LogP contribution >= 0.6 is 15.9 Å². The average molecular weight is 350 g/mol. The molecule has 1 aromatic carbocycles. The van der Waals surface area contributed by atoms with E-state index in [4.69, 9.17) is 4.74 Å². The van der Waals surface area contributed by atoms with Gasteiger partial charge in [0, 0.05) is 6.21 Å². The summed E-state index contributed by atoms with van der Waals surface area (Å²) in [6, 6.07) is 9.86. The molecule has 0 fully saturated rings. The van der Waals surface area contributed by atoms with Gasteiger partial charge >= 0.3 is 5.97 Å². The first-order chi connectivity index (χ1) is 10.0. The zero-order valence-corrected chi connectivity index (χ0v) is 14.0. The van der Waals surface area contributed by atoms with Crippen molar-refractivity contribution in [2.75, 3.05) is 6.61 Å². The van der Waals surface area contributed by atoms with Crippen molar-refractivity contribution in [1.82, 2.24) is 0 Å². The van der Waals surface area contributed by atoms with Crippen LogP contribution in [0.2, 0.25) is 0 Å². The van der Waals surface area contributed by atoms with Gasteiger partial charge in [0.2, 0.25) is 0 Å². The summed E-state index contributed by atoms with van der Waals surface area (Å²) in [4.78, 5) is 16.3. The molecule has 21 heavy (non-hydrogen) atoms. The lowest BCUT2D eigenvalue weighted by molar-refractivity contribution is -0.136. The largest absolute Gasteiger partial charge is 0.458 e. The summed E-state index contributed by atoms with van der Waals surface area (Å²) in [5.74, 6) is 0.0414. The number of rotatable bonds is 6. The quantitative estimate of drug-likeness (QED) is 0.432. The zero-order valence-electron chi connectivity index (χ0n) is 12.4. The van der Waals surface area contributed by atoms with Crippen molar-refractivity contribution in [2.45, 2.75) is 31.0 Å². The summed E-state index contributed by atoms with van der Waals surface area (Å²) in [6.45, 7) is 4.56. The van der Waals surface area contributed by atoms with E-state index in [1.54, 1.807) is 0 Å². The summed E-state index contributed by atoms with van der Waals surface area (Å²) < 4.78 is 4.70. The van der Waals surface area contributed by atoms with Gasteiger partial charge in [-0.05, 0) is 37.0 Å². The molecule has 1 heterocycles. The van der Waals surface area contributed by atoms with Gasteiger partial charge in [0.15, 0.2) is 0 Å². The lowest BCUT2D eigenvalue weighted by Gasteiger charge is -2.27. The second-order valence-corrected chi connectivity index (χ2v) is 6.85. The molecule has 0 N–H and O–H groups in total. The topological polar surface area (TPSA) is 38.7 Å². The van der Waals surface area contributed by atoms with E-state index in [0.717, 1.165) is 24.1 Å². The number of carbonyl (C=O) groups excluding carboxylic acids is 1. The summed E-state index contributed by atoms with van der Waals surface area (Å²) in [5.41, 5.74) is 1.69. The zero-order chi connectivity index (χ0) is 15.3. The molecule has 112 valence electrons. The SMILES string of the molecule is CCC(Br)(CC(C)C=Nc1ccccc1)C1=CCOC1=O. The van der Waals surface area contributed by atoms with Crippen LogP contribution in [0.3, 0.4) is 0 Å². The van der Waals surface area contributed by atoms with Gasteiger partial charge in [-0.15, -0.1) is 0 Å². The normalized spacial score (nSPS) is 19.2. The Bertz CT molecular complexity index is 553. The fraction of sp³-hybridized carbons (Fsp3) is 0.412. The maximum absolute atomic E-state index is 11.8. The van der Waals surface area contributed by atoms with E-state index >= 15 is 0 Å². The van der Waals surface area contributed by atoms with E-state index < -0.39 is 0 Å². The first kappa shape index (κ1) is 16.0. The van der Waals surface area contributed by atoms with Crippen LogP contribution in [0.25, 0.3) is 0 Å². The number of cyclic esters (lactones) is 1. The number of hydrogen-bond donors (Lipinski definition) is 0. The van der Waals surface area contributed by atoms with Crippen LogP contribution in [0.15, 0.2) is 47.0 Å². The minimum atomic E-state index is -0.331. The Morgan fingerprint density at radius 1 is 1.43 bits per heavy atom. The summed E-state index contributed by atoms with van der Waals surface area (Å²) >= 11 is 3.75. The number of hydrogen-bond acceptors (Lipinski definition) is 3.